The third-order valence-corrected chi connectivity index (χ3v) is 4.57. The van der Waals surface area contributed by atoms with Crippen LogP contribution < -0.4 is 5.32 Å². The Balaban J connectivity index is 1.77. The Morgan fingerprint density at radius 2 is 1.70 bits per heavy atom. The fourth-order valence-electron chi connectivity index (χ4n) is 2.99. The van der Waals surface area contributed by atoms with E-state index >= 15 is 0 Å². The molecule has 0 unspecified atom stereocenters. The van der Waals surface area contributed by atoms with E-state index in [1.165, 1.54) is 5.56 Å². The molecule has 5 nitrogen and oxygen atoms in total. The quantitative estimate of drug-likeness (QED) is 0.495. The molecule has 0 atom stereocenters. The first-order valence-corrected chi connectivity index (χ1v) is 9.24. The van der Waals surface area contributed by atoms with Crippen molar-refractivity contribution in [3.8, 4) is 11.3 Å². The molecule has 0 spiro atoms. The van der Waals surface area contributed by atoms with Crippen molar-refractivity contribution in [3.05, 3.63) is 66.0 Å². The second-order valence-electron chi connectivity index (χ2n) is 6.82. The van der Waals surface area contributed by atoms with Crippen molar-refractivity contribution in [1.82, 2.24) is 15.1 Å². The molecule has 0 aliphatic carbocycles. The molecule has 0 aliphatic heterocycles. The highest BCUT2D eigenvalue weighted by Gasteiger charge is 2.18. The van der Waals surface area contributed by atoms with Gasteiger partial charge in [0.15, 0.2) is 5.82 Å². The van der Waals surface area contributed by atoms with E-state index in [4.69, 9.17) is 4.52 Å². The standard InChI is InChI=1S/C22H22N4O/c1-4-18-24-20-19(16-8-6-5-7-9-16)26-27-21(20)22(25-18)23-17-12-10-15(11-13-17)14(2)3/h5-14H,4H2,1-3H3,(H,23,24,25). The summed E-state index contributed by atoms with van der Waals surface area (Å²) in [4.78, 5) is 9.29. The minimum atomic E-state index is 0.499. The first-order chi connectivity index (χ1) is 13.2. The number of benzene rings is 2. The monoisotopic (exact) mass is 358 g/mol. The molecular weight excluding hydrogens is 336 g/mol. The van der Waals surface area contributed by atoms with Crippen molar-refractivity contribution < 1.29 is 4.52 Å². The first-order valence-electron chi connectivity index (χ1n) is 9.24. The van der Waals surface area contributed by atoms with Gasteiger partial charge >= 0.3 is 0 Å². The summed E-state index contributed by atoms with van der Waals surface area (Å²) < 4.78 is 5.63. The van der Waals surface area contributed by atoms with Crippen molar-refractivity contribution in [1.29, 1.82) is 0 Å². The molecule has 136 valence electrons. The van der Waals surface area contributed by atoms with Gasteiger partial charge in [0.1, 0.15) is 17.0 Å². The maximum Gasteiger partial charge on any atom is 0.228 e. The van der Waals surface area contributed by atoms with E-state index in [0.717, 1.165) is 34.7 Å². The van der Waals surface area contributed by atoms with Crippen LogP contribution in [0.1, 0.15) is 38.1 Å². The zero-order valence-electron chi connectivity index (χ0n) is 15.7. The summed E-state index contributed by atoms with van der Waals surface area (Å²) in [5.74, 6) is 1.90. The zero-order valence-corrected chi connectivity index (χ0v) is 15.7. The molecule has 0 bridgehead atoms. The predicted octanol–water partition coefficient (Wildman–Crippen LogP) is 5.71. The first kappa shape index (κ1) is 17.2. The zero-order chi connectivity index (χ0) is 18.8. The van der Waals surface area contributed by atoms with Crippen molar-refractivity contribution in [2.75, 3.05) is 5.32 Å². The van der Waals surface area contributed by atoms with E-state index in [0.29, 0.717) is 17.3 Å². The van der Waals surface area contributed by atoms with Crippen molar-refractivity contribution >= 4 is 22.6 Å². The number of nitrogens with zero attached hydrogens (tertiary/aromatic N) is 3. The highest BCUT2D eigenvalue weighted by Crippen LogP contribution is 2.31. The number of hydrogen-bond acceptors (Lipinski definition) is 5. The van der Waals surface area contributed by atoms with E-state index in [9.17, 15) is 0 Å². The van der Waals surface area contributed by atoms with Gasteiger partial charge in [-0.3, -0.25) is 0 Å². The molecule has 2 aromatic carbocycles. The number of fused-ring (bicyclic) bond motifs is 1. The van der Waals surface area contributed by atoms with Gasteiger partial charge < -0.3 is 9.84 Å². The molecule has 0 aliphatic rings. The van der Waals surface area contributed by atoms with Gasteiger partial charge in [-0.1, -0.05) is 68.4 Å². The number of nitrogens with one attached hydrogen (secondary N) is 1. The fourth-order valence-corrected chi connectivity index (χ4v) is 2.99. The predicted molar refractivity (Wildman–Crippen MR) is 108 cm³/mol. The number of aromatic nitrogens is 3. The van der Waals surface area contributed by atoms with Crippen molar-refractivity contribution in [2.45, 2.75) is 33.1 Å². The highest BCUT2D eigenvalue weighted by atomic mass is 16.5. The van der Waals surface area contributed by atoms with Gasteiger partial charge in [0.2, 0.25) is 5.58 Å². The van der Waals surface area contributed by atoms with Gasteiger partial charge in [0, 0.05) is 17.7 Å². The van der Waals surface area contributed by atoms with E-state index in [1.807, 2.05) is 37.3 Å². The van der Waals surface area contributed by atoms with Crippen LogP contribution in [-0.2, 0) is 6.42 Å². The summed E-state index contributed by atoms with van der Waals surface area (Å²) in [6.45, 7) is 6.41. The van der Waals surface area contributed by atoms with E-state index in [-0.39, 0.29) is 0 Å². The number of aryl methyl sites for hydroxylation is 1. The number of anilines is 2. The summed E-state index contributed by atoms with van der Waals surface area (Å²) in [6, 6.07) is 18.3. The second-order valence-corrected chi connectivity index (χ2v) is 6.82. The van der Waals surface area contributed by atoms with Crippen molar-refractivity contribution in [3.63, 3.8) is 0 Å². The second kappa shape index (κ2) is 7.19. The molecule has 0 radical (unpaired) electrons. The maximum atomic E-state index is 5.63. The molecule has 4 rings (SSSR count). The normalized spacial score (nSPS) is 11.3. The van der Waals surface area contributed by atoms with E-state index in [2.05, 4.69) is 58.6 Å². The lowest BCUT2D eigenvalue weighted by molar-refractivity contribution is 0.459. The van der Waals surface area contributed by atoms with Gasteiger partial charge in [-0.05, 0) is 23.6 Å². The Kier molecular flexibility index (Phi) is 4.59. The van der Waals surface area contributed by atoms with Crippen LogP contribution >= 0.6 is 0 Å². The minimum Gasteiger partial charge on any atom is -0.350 e. The van der Waals surface area contributed by atoms with Crippen LogP contribution in [0.2, 0.25) is 0 Å². The third-order valence-electron chi connectivity index (χ3n) is 4.57. The summed E-state index contributed by atoms with van der Waals surface area (Å²) in [5, 5.41) is 7.63. The summed E-state index contributed by atoms with van der Waals surface area (Å²) in [5.41, 5.74) is 5.27. The lowest BCUT2D eigenvalue weighted by Gasteiger charge is -2.09. The largest absolute Gasteiger partial charge is 0.350 e. The molecule has 5 heteroatoms. The molecule has 0 saturated carbocycles. The smallest absolute Gasteiger partial charge is 0.228 e. The summed E-state index contributed by atoms with van der Waals surface area (Å²) in [6.07, 6.45) is 0.732. The average molecular weight is 358 g/mol. The van der Waals surface area contributed by atoms with Crippen LogP contribution in [0.5, 0.6) is 0 Å². The molecule has 0 amide bonds. The maximum absolute atomic E-state index is 5.63. The van der Waals surface area contributed by atoms with E-state index < -0.39 is 0 Å². The molecule has 4 aromatic rings. The fraction of sp³-hybridized carbons (Fsp3) is 0.227. The molecular formula is C22H22N4O. The lowest BCUT2D eigenvalue weighted by Crippen LogP contribution is -2.00. The number of rotatable bonds is 5. The molecule has 2 aromatic heterocycles. The Morgan fingerprint density at radius 1 is 0.963 bits per heavy atom. The molecule has 27 heavy (non-hydrogen) atoms. The Hall–Kier alpha value is -3.21. The number of hydrogen-bond donors (Lipinski definition) is 1. The molecule has 0 saturated heterocycles. The van der Waals surface area contributed by atoms with Gasteiger partial charge in [0.05, 0.1) is 0 Å². The van der Waals surface area contributed by atoms with Crippen LogP contribution in [0.15, 0.2) is 59.1 Å². The summed E-state index contributed by atoms with van der Waals surface area (Å²) in [7, 11) is 0. The molecule has 1 N–H and O–H groups in total. The third kappa shape index (κ3) is 3.40. The van der Waals surface area contributed by atoms with Crippen LogP contribution in [0.25, 0.3) is 22.4 Å². The Labute approximate surface area is 158 Å². The Morgan fingerprint density at radius 3 is 2.37 bits per heavy atom. The van der Waals surface area contributed by atoms with Gasteiger partial charge in [-0.15, -0.1) is 0 Å². The average Bonchev–Trinajstić information content (AvgIpc) is 3.13. The minimum absolute atomic E-state index is 0.499. The molecule has 2 heterocycles. The highest BCUT2D eigenvalue weighted by molar-refractivity contribution is 5.94. The SMILES string of the molecule is CCc1nc(Nc2ccc(C(C)C)cc2)c2onc(-c3ccccc3)c2n1. The van der Waals surface area contributed by atoms with Gasteiger partial charge in [0.25, 0.3) is 0 Å². The topological polar surface area (TPSA) is 63.8 Å². The van der Waals surface area contributed by atoms with Crippen LogP contribution in [0.4, 0.5) is 11.5 Å². The lowest BCUT2D eigenvalue weighted by atomic mass is 10.0. The van der Waals surface area contributed by atoms with Gasteiger partial charge in [-0.25, -0.2) is 9.97 Å². The van der Waals surface area contributed by atoms with Crippen LogP contribution in [-0.4, -0.2) is 15.1 Å². The van der Waals surface area contributed by atoms with Crippen molar-refractivity contribution in [2.24, 2.45) is 0 Å². The van der Waals surface area contributed by atoms with Crippen LogP contribution in [0.3, 0.4) is 0 Å². The Bertz CT molecular complexity index is 1050. The van der Waals surface area contributed by atoms with E-state index in [1.54, 1.807) is 0 Å². The molecule has 0 fully saturated rings. The van der Waals surface area contributed by atoms with Crippen LogP contribution in [0, 0.1) is 0 Å². The van der Waals surface area contributed by atoms with Gasteiger partial charge in [-0.2, -0.15) is 0 Å². The summed E-state index contributed by atoms with van der Waals surface area (Å²) >= 11 is 0.